The Morgan fingerprint density at radius 2 is 2.23 bits per heavy atom. The molecule has 7 nitrogen and oxygen atoms in total. The van der Waals surface area contributed by atoms with Gasteiger partial charge in [-0.25, -0.2) is 0 Å². The predicted molar refractivity (Wildman–Crippen MR) is 83.6 cm³/mol. The molecule has 7 heteroatoms. The zero-order valence-corrected chi connectivity index (χ0v) is 13.5. The number of hydrogen-bond acceptors (Lipinski definition) is 4. The molecule has 0 unspecified atom stereocenters. The molecule has 1 fully saturated rings. The molecular formula is C15H22N6O. The van der Waals surface area contributed by atoms with E-state index in [1.807, 2.05) is 38.7 Å². The molecule has 22 heavy (non-hydrogen) atoms. The van der Waals surface area contributed by atoms with E-state index >= 15 is 0 Å². The highest BCUT2D eigenvalue weighted by atomic mass is 16.2. The minimum absolute atomic E-state index is 0.0216. The number of H-pyrrole nitrogens is 1. The first-order chi connectivity index (χ1) is 10.5. The molecule has 0 radical (unpaired) electrons. The van der Waals surface area contributed by atoms with Crippen molar-refractivity contribution in [2.75, 3.05) is 20.1 Å². The summed E-state index contributed by atoms with van der Waals surface area (Å²) < 4.78 is 1.83. The summed E-state index contributed by atoms with van der Waals surface area (Å²) in [6, 6.07) is 2.07. The normalized spacial score (nSPS) is 17.9. The molecular weight excluding hydrogens is 280 g/mol. The van der Waals surface area contributed by atoms with Crippen LogP contribution in [0.2, 0.25) is 0 Å². The highest BCUT2D eigenvalue weighted by Crippen LogP contribution is 2.25. The lowest BCUT2D eigenvalue weighted by Gasteiger charge is -2.22. The molecule has 3 rings (SSSR count). The Hall–Kier alpha value is -2.15. The SMILES string of the molecule is Cc1nn(C)c(C)c1-c1cc(C(=O)N(C)[C@H]2CCNC2)[nH]n1. The molecule has 1 amide bonds. The minimum atomic E-state index is -0.0216. The van der Waals surface area contributed by atoms with Crippen LogP contribution in [0.5, 0.6) is 0 Å². The van der Waals surface area contributed by atoms with Crippen LogP contribution in [-0.4, -0.2) is 57.0 Å². The van der Waals surface area contributed by atoms with Crippen LogP contribution in [0.3, 0.4) is 0 Å². The van der Waals surface area contributed by atoms with Crippen molar-refractivity contribution in [3.63, 3.8) is 0 Å². The number of hydrogen-bond donors (Lipinski definition) is 2. The first-order valence-electron chi connectivity index (χ1n) is 7.53. The summed E-state index contributed by atoms with van der Waals surface area (Å²) in [4.78, 5) is 14.3. The van der Waals surface area contributed by atoms with Crippen molar-refractivity contribution in [3.05, 3.63) is 23.1 Å². The van der Waals surface area contributed by atoms with Crippen LogP contribution in [0.1, 0.15) is 28.3 Å². The van der Waals surface area contributed by atoms with Gasteiger partial charge in [-0.3, -0.25) is 14.6 Å². The average molecular weight is 302 g/mol. The van der Waals surface area contributed by atoms with Gasteiger partial charge in [-0.1, -0.05) is 0 Å². The van der Waals surface area contributed by atoms with E-state index in [0.717, 1.165) is 42.2 Å². The molecule has 2 aromatic rings. The number of likely N-dealkylation sites (N-methyl/N-ethyl adjacent to an activating group) is 1. The van der Waals surface area contributed by atoms with Crippen molar-refractivity contribution in [2.45, 2.75) is 26.3 Å². The van der Waals surface area contributed by atoms with Crippen LogP contribution in [0.4, 0.5) is 0 Å². The predicted octanol–water partition coefficient (Wildman–Crippen LogP) is 0.861. The van der Waals surface area contributed by atoms with E-state index in [0.29, 0.717) is 5.69 Å². The highest BCUT2D eigenvalue weighted by Gasteiger charge is 2.26. The molecule has 0 spiro atoms. The van der Waals surface area contributed by atoms with Gasteiger partial charge >= 0.3 is 0 Å². The summed E-state index contributed by atoms with van der Waals surface area (Å²) in [5, 5.41) is 14.9. The Bertz CT molecular complexity index is 695. The minimum Gasteiger partial charge on any atom is -0.336 e. The maximum atomic E-state index is 12.6. The molecule has 118 valence electrons. The van der Waals surface area contributed by atoms with Crippen molar-refractivity contribution in [1.29, 1.82) is 0 Å². The number of aromatic nitrogens is 4. The molecule has 1 atom stereocenters. The van der Waals surface area contributed by atoms with E-state index in [2.05, 4.69) is 20.6 Å². The number of carbonyl (C=O) groups excluding carboxylic acids is 1. The monoisotopic (exact) mass is 302 g/mol. The second-order valence-corrected chi connectivity index (χ2v) is 5.90. The number of rotatable bonds is 3. The summed E-state index contributed by atoms with van der Waals surface area (Å²) in [5.74, 6) is -0.0216. The molecule has 0 aromatic carbocycles. The fraction of sp³-hybridized carbons (Fsp3) is 0.533. The highest BCUT2D eigenvalue weighted by molar-refractivity contribution is 5.93. The van der Waals surface area contributed by atoms with Gasteiger partial charge < -0.3 is 10.2 Å². The zero-order chi connectivity index (χ0) is 15.9. The summed E-state index contributed by atoms with van der Waals surface area (Å²) in [6.45, 7) is 5.77. The van der Waals surface area contributed by atoms with E-state index in [1.54, 1.807) is 4.90 Å². The van der Waals surface area contributed by atoms with Gasteiger partial charge in [-0.2, -0.15) is 10.2 Å². The fourth-order valence-electron chi connectivity index (χ4n) is 3.03. The molecule has 1 aliphatic heterocycles. The Kier molecular flexibility index (Phi) is 3.74. The second kappa shape index (κ2) is 5.57. The number of aryl methyl sites for hydroxylation is 2. The van der Waals surface area contributed by atoms with E-state index in [1.165, 1.54) is 0 Å². The van der Waals surface area contributed by atoms with Crippen molar-refractivity contribution in [1.82, 2.24) is 30.2 Å². The van der Waals surface area contributed by atoms with Crippen LogP contribution < -0.4 is 5.32 Å². The Labute approximate surface area is 129 Å². The summed E-state index contributed by atoms with van der Waals surface area (Å²) in [7, 11) is 3.76. The van der Waals surface area contributed by atoms with Crippen molar-refractivity contribution >= 4 is 5.91 Å². The summed E-state index contributed by atoms with van der Waals surface area (Å²) >= 11 is 0. The lowest BCUT2D eigenvalue weighted by atomic mass is 10.1. The number of carbonyl (C=O) groups is 1. The Balaban J connectivity index is 1.85. The fourth-order valence-corrected chi connectivity index (χ4v) is 3.03. The molecule has 2 N–H and O–H groups in total. The van der Waals surface area contributed by atoms with Gasteiger partial charge in [0.05, 0.1) is 11.4 Å². The molecule has 0 aliphatic carbocycles. The molecule has 1 saturated heterocycles. The molecule has 1 aliphatic rings. The number of nitrogens with one attached hydrogen (secondary N) is 2. The maximum Gasteiger partial charge on any atom is 0.271 e. The average Bonchev–Trinajstić information content (AvgIpc) is 3.20. The third-order valence-electron chi connectivity index (χ3n) is 4.48. The van der Waals surface area contributed by atoms with Crippen molar-refractivity contribution in [3.8, 4) is 11.3 Å². The lowest BCUT2D eigenvalue weighted by Crippen LogP contribution is -2.38. The van der Waals surface area contributed by atoms with Gasteiger partial charge in [0.1, 0.15) is 5.69 Å². The van der Waals surface area contributed by atoms with Gasteiger partial charge in [0, 0.05) is 37.9 Å². The topological polar surface area (TPSA) is 78.8 Å². The smallest absolute Gasteiger partial charge is 0.271 e. The van der Waals surface area contributed by atoms with E-state index < -0.39 is 0 Å². The van der Waals surface area contributed by atoms with E-state index in [4.69, 9.17) is 0 Å². The number of aromatic amines is 1. The lowest BCUT2D eigenvalue weighted by molar-refractivity contribution is 0.0738. The van der Waals surface area contributed by atoms with Gasteiger partial charge in [0.15, 0.2) is 0 Å². The first-order valence-corrected chi connectivity index (χ1v) is 7.53. The van der Waals surface area contributed by atoms with Crippen LogP contribution in [0.25, 0.3) is 11.3 Å². The maximum absolute atomic E-state index is 12.6. The third kappa shape index (κ3) is 2.41. The summed E-state index contributed by atoms with van der Waals surface area (Å²) in [5.41, 5.74) is 4.23. The van der Waals surface area contributed by atoms with E-state index in [-0.39, 0.29) is 11.9 Å². The molecule has 2 aromatic heterocycles. The standard InChI is InChI=1S/C15H22N6O/c1-9-14(10(2)21(4)19-9)12-7-13(18-17-12)15(22)20(3)11-5-6-16-8-11/h7,11,16H,5-6,8H2,1-4H3,(H,17,18)/t11-/m0/s1. The van der Waals surface area contributed by atoms with Crippen LogP contribution in [0, 0.1) is 13.8 Å². The number of amides is 1. The molecule has 3 heterocycles. The van der Waals surface area contributed by atoms with Crippen molar-refractivity contribution < 1.29 is 4.79 Å². The van der Waals surface area contributed by atoms with Crippen molar-refractivity contribution in [2.24, 2.45) is 7.05 Å². The third-order valence-corrected chi connectivity index (χ3v) is 4.48. The van der Waals surface area contributed by atoms with Gasteiger partial charge in [-0.15, -0.1) is 0 Å². The Morgan fingerprint density at radius 3 is 2.82 bits per heavy atom. The second-order valence-electron chi connectivity index (χ2n) is 5.90. The zero-order valence-electron chi connectivity index (χ0n) is 13.5. The van der Waals surface area contributed by atoms with Crippen LogP contribution in [-0.2, 0) is 7.05 Å². The van der Waals surface area contributed by atoms with Gasteiger partial charge in [0.2, 0.25) is 0 Å². The first kappa shape index (κ1) is 14.8. The Morgan fingerprint density at radius 1 is 1.45 bits per heavy atom. The van der Waals surface area contributed by atoms with E-state index in [9.17, 15) is 4.79 Å². The van der Waals surface area contributed by atoms with Crippen LogP contribution >= 0.6 is 0 Å². The largest absolute Gasteiger partial charge is 0.336 e. The van der Waals surface area contributed by atoms with Gasteiger partial charge in [0.25, 0.3) is 5.91 Å². The number of nitrogens with zero attached hydrogens (tertiary/aromatic N) is 4. The summed E-state index contributed by atoms with van der Waals surface area (Å²) in [6.07, 6.45) is 0.990. The van der Waals surface area contributed by atoms with Gasteiger partial charge in [-0.05, 0) is 32.9 Å². The quantitative estimate of drug-likeness (QED) is 0.881. The van der Waals surface area contributed by atoms with Crippen LogP contribution in [0.15, 0.2) is 6.07 Å². The molecule has 0 saturated carbocycles. The molecule has 0 bridgehead atoms.